The molecule has 3 rings (SSSR count). The summed E-state index contributed by atoms with van der Waals surface area (Å²) in [6.07, 6.45) is -4.59. The number of nitro groups is 1. The van der Waals surface area contributed by atoms with E-state index in [1.54, 1.807) is 0 Å². The minimum Gasteiger partial charge on any atom is -0.741 e. The van der Waals surface area contributed by atoms with Gasteiger partial charge in [0.2, 0.25) is 0 Å². The van der Waals surface area contributed by atoms with Gasteiger partial charge in [-0.2, -0.15) is 26.3 Å². The Balaban J connectivity index is 0.000000466. The number of hydrogen-bond acceptors (Lipinski definition) is 5. The van der Waals surface area contributed by atoms with Crippen molar-refractivity contribution in [3.8, 4) is 0 Å². The molecule has 0 fully saturated rings. The minimum absolute atomic E-state index is 0.0305. The second-order valence-electron chi connectivity index (χ2n) is 6.41. The van der Waals surface area contributed by atoms with Gasteiger partial charge >= 0.3 is 11.7 Å². The first-order chi connectivity index (χ1) is 16.0. The molecule has 0 amide bonds. The lowest BCUT2D eigenvalue weighted by atomic mass is 10.2. The van der Waals surface area contributed by atoms with Crippen LogP contribution >= 0.6 is 0 Å². The Bertz CT molecular complexity index is 1290. The van der Waals surface area contributed by atoms with Crippen LogP contribution in [-0.2, 0) is 27.2 Å². The van der Waals surface area contributed by atoms with E-state index in [1.807, 2.05) is 0 Å². The van der Waals surface area contributed by atoms with Crippen molar-refractivity contribution >= 4 is 26.7 Å². The topological polar surface area (TPSA) is 100 Å². The van der Waals surface area contributed by atoms with Crippen molar-refractivity contribution in [1.82, 2.24) is 0 Å². The number of halogens is 7. The van der Waals surface area contributed by atoms with Gasteiger partial charge in [0, 0.05) is 6.07 Å². The number of nitrogens with zero attached hydrogens (tertiary/aromatic N) is 1. The van der Waals surface area contributed by atoms with Gasteiger partial charge in [-0.1, -0.05) is 18.2 Å². The summed E-state index contributed by atoms with van der Waals surface area (Å²) in [5, 5.41) is 11.1. The van der Waals surface area contributed by atoms with E-state index in [-0.39, 0.29) is 10.6 Å². The molecule has 1 atom stereocenters. The zero-order valence-corrected chi connectivity index (χ0v) is 18.5. The second-order valence-corrected chi connectivity index (χ2v) is 9.77. The third-order valence-electron chi connectivity index (χ3n) is 4.01. The minimum atomic E-state index is -6.09. The van der Waals surface area contributed by atoms with Gasteiger partial charge in [-0.05, 0) is 42.5 Å². The van der Waals surface area contributed by atoms with Crippen molar-refractivity contribution in [2.45, 2.75) is 26.4 Å². The molecule has 0 spiro atoms. The van der Waals surface area contributed by atoms with Crippen LogP contribution in [0.3, 0.4) is 0 Å². The van der Waals surface area contributed by atoms with E-state index in [0.29, 0.717) is 9.79 Å². The SMILES string of the molecule is O=S(=O)([O-])C(F)(F)F.O=[N+]([O-])c1cccc([S+](c2ccc(F)cc2)c2ccccc2C(F)(F)F)c1. The van der Waals surface area contributed by atoms with Crippen LogP contribution in [0.1, 0.15) is 5.56 Å². The maximum absolute atomic E-state index is 13.5. The Morgan fingerprint density at radius 2 is 1.34 bits per heavy atom. The van der Waals surface area contributed by atoms with Gasteiger partial charge in [-0.15, -0.1) is 0 Å². The quantitative estimate of drug-likeness (QED) is 0.102. The predicted octanol–water partition coefficient (Wildman–Crippen LogP) is 5.90. The van der Waals surface area contributed by atoms with Crippen molar-refractivity contribution in [2.24, 2.45) is 0 Å². The molecule has 6 nitrogen and oxygen atoms in total. The summed E-state index contributed by atoms with van der Waals surface area (Å²) in [5.74, 6) is -0.523. The number of nitro benzene ring substituents is 1. The Morgan fingerprint density at radius 1 is 0.800 bits per heavy atom. The van der Waals surface area contributed by atoms with Gasteiger partial charge in [-0.3, -0.25) is 10.1 Å². The fraction of sp³-hybridized carbons (Fsp3) is 0.100. The lowest BCUT2D eigenvalue weighted by Gasteiger charge is -2.13. The number of rotatable bonds is 4. The van der Waals surface area contributed by atoms with E-state index in [4.69, 9.17) is 13.0 Å². The van der Waals surface area contributed by atoms with Gasteiger partial charge in [0.05, 0.1) is 11.0 Å². The Hall–Kier alpha value is -3.17. The van der Waals surface area contributed by atoms with Crippen molar-refractivity contribution in [3.05, 3.63) is 94.3 Å². The maximum atomic E-state index is 13.5. The maximum Gasteiger partial charge on any atom is 0.485 e. The molecule has 0 radical (unpaired) electrons. The van der Waals surface area contributed by atoms with Crippen molar-refractivity contribution in [2.75, 3.05) is 0 Å². The predicted molar refractivity (Wildman–Crippen MR) is 109 cm³/mol. The summed E-state index contributed by atoms with van der Waals surface area (Å²) in [6, 6.07) is 15.6. The highest BCUT2D eigenvalue weighted by molar-refractivity contribution is 7.97. The van der Waals surface area contributed by atoms with E-state index >= 15 is 0 Å². The van der Waals surface area contributed by atoms with Crippen LogP contribution in [0.15, 0.2) is 87.5 Å². The molecule has 1 unspecified atom stereocenters. The van der Waals surface area contributed by atoms with Crippen LogP contribution in [0.5, 0.6) is 0 Å². The molecule has 0 aromatic heterocycles. The van der Waals surface area contributed by atoms with Gasteiger partial charge in [0.15, 0.2) is 24.8 Å². The summed E-state index contributed by atoms with van der Waals surface area (Å²) in [5.41, 5.74) is -6.70. The standard InChI is InChI=1S/C19H12F4NO2S.CHF3O3S/c20-13-8-10-15(11-9-13)27(16-5-3-4-14(12-16)24(25)26)18-7-2-1-6-17(18)19(21,22)23;2-1(3,4)8(5,6)7/h1-12H;(H,5,6,7)/q+1;/p-1. The first kappa shape index (κ1) is 28.1. The van der Waals surface area contributed by atoms with Crippen LogP contribution < -0.4 is 0 Å². The van der Waals surface area contributed by atoms with E-state index in [0.717, 1.165) is 18.2 Å². The van der Waals surface area contributed by atoms with Crippen molar-refractivity contribution < 1.29 is 48.6 Å². The average molecular weight is 543 g/mol. The van der Waals surface area contributed by atoms with Gasteiger partial charge in [0.25, 0.3) is 5.69 Å². The van der Waals surface area contributed by atoms with Crippen LogP contribution in [-0.4, -0.2) is 23.4 Å². The van der Waals surface area contributed by atoms with Crippen molar-refractivity contribution in [1.29, 1.82) is 0 Å². The molecule has 188 valence electrons. The molecular weight excluding hydrogens is 531 g/mol. The summed E-state index contributed by atoms with van der Waals surface area (Å²) in [4.78, 5) is 11.2. The van der Waals surface area contributed by atoms with Crippen LogP contribution in [0.25, 0.3) is 0 Å². The third kappa shape index (κ3) is 7.40. The number of hydrogen-bond donors (Lipinski definition) is 0. The molecule has 0 aliphatic heterocycles. The highest BCUT2D eigenvalue weighted by atomic mass is 32.2. The van der Waals surface area contributed by atoms with Crippen LogP contribution in [0.2, 0.25) is 0 Å². The number of alkyl halides is 6. The smallest absolute Gasteiger partial charge is 0.485 e. The van der Waals surface area contributed by atoms with Crippen molar-refractivity contribution in [3.63, 3.8) is 0 Å². The second kappa shape index (κ2) is 10.6. The highest BCUT2D eigenvalue weighted by Crippen LogP contribution is 2.40. The van der Waals surface area contributed by atoms with Gasteiger partial charge < -0.3 is 4.55 Å². The Morgan fingerprint density at radius 3 is 1.83 bits per heavy atom. The van der Waals surface area contributed by atoms with E-state index in [9.17, 15) is 40.8 Å². The van der Waals surface area contributed by atoms with Gasteiger partial charge in [-0.25, -0.2) is 12.8 Å². The molecule has 0 N–H and O–H groups in total. The monoisotopic (exact) mass is 543 g/mol. The zero-order valence-electron chi connectivity index (χ0n) is 16.9. The molecule has 0 bridgehead atoms. The fourth-order valence-electron chi connectivity index (χ4n) is 2.56. The lowest BCUT2D eigenvalue weighted by Crippen LogP contribution is -2.21. The largest absolute Gasteiger partial charge is 0.741 e. The zero-order chi connectivity index (χ0) is 26.6. The van der Waals surface area contributed by atoms with Crippen LogP contribution in [0.4, 0.5) is 36.4 Å². The summed E-state index contributed by atoms with van der Waals surface area (Å²) >= 11 is 0. The molecular formula is C20H12F7NO5S2. The average Bonchev–Trinajstić information content (AvgIpc) is 2.74. The van der Waals surface area contributed by atoms with E-state index < -0.39 is 49.0 Å². The molecule has 0 heterocycles. The van der Waals surface area contributed by atoms with Crippen LogP contribution in [0, 0.1) is 15.9 Å². The molecule has 35 heavy (non-hydrogen) atoms. The number of benzene rings is 3. The normalized spacial score (nSPS) is 12.9. The molecule has 3 aromatic carbocycles. The molecule has 0 aliphatic carbocycles. The van der Waals surface area contributed by atoms with E-state index in [2.05, 4.69) is 0 Å². The molecule has 3 aromatic rings. The van der Waals surface area contributed by atoms with E-state index in [1.165, 1.54) is 54.6 Å². The fourth-order valence-corrected chi connectivity index (χ4v) is 4.82. The highest BCUT2D eigenvalue weighted by Gasteiger charge is 2.42. The molecule has 0 saturated carbocycles. The lowest BCUT2D eigenvalue weighted by molar-refractivity contribution is -0.385. The number of non-ortho nitro benzene ring substituents is 1. The first-order valence-electron chi connectivity index (χ1n) is 8.95. The Labute approximate surface area is 196 Å². The molecule has 0 saturated heterocycles. The summed E-state index contributed by atoms with van der Waals surface area (Å²) < 4.78 is 113. The molecule has 15 heteroatoms. The molecule has 0 aliphatic rings. The summed E-state index contributed by atoms with van der Waals surface area (Å²) in [7, 11) is -7.39. The Kier molecular flexibility index (Phi) is 8.52. The summed E-state index contributed by atoms with van der Waals surface area (Å²) in [6.45, 7) is 0. The third-order valence-corrected chi connectivity index (χ3v) is 6.84. The first-order valence-corrected chi connectivity index (χ1v) is 11.6. The van der Waals surface area contributed by atoms with Gasteiger partial charge in [0.1, 0.15) is 22.3 Å².